The van der Waals surface area contributed by atoms with Gasteiger partial charge in [-0.15, -0.1) is 0 Å². The summed E-state index contributed by atoms with van der Waals surface area (Å²) in [7, 11) is 0. The van der Waals surface area contributed by atoms with Gasteiger partial charge in [0.2, 0.25) is 0 Å². The summed E-state index contributed by atoms with van der Waals surface area (Å²) in [5.74, 6) is 1.56. The number of anilines is 1. The SMILES string of the molecule is Cc1ncc(-c2cc3cc(NC(=O)N4CCC(NC(CF)CF)CC4)ncc3cn2)o1. The Hall–Kier alpha value is -3.14. The Balaban J connectivity index is 1.39. The van der Waals surface area contributed by atoms with E-state index in [4.69, 9.17) is 4.42 Å². The number of aryl methyl sites for hydroxylation is 1. The minimum absolute atomic E-state index is 0.00462. The molecular weight excluding hydrogens is 406 g/mol. The third kappa shape index (κ3) is 4.96. The zero-order valence-corrected chi connectivity index (χ0v) is 17.1. The minimum atomic E-state index is -0.771. The number of nitrogens with one attached hydrogen (secondary N) is 2. The summed E-state index contributed by atoms with van der Waals surface area (Å²) in [4.78, 5) is 27.1. The third-order valence-electron chi connectivity index (χ3n) is 5.34. The van der Waals surface area contributed by atoms with Crippen molar-refractivity contribution in [3.05, 3.63) is 36.6 Å². The number of halogens is 2. The van der Waals surface area contributed by atoms with Gasteiger partial charge in [0.05, 0.1) is 12.2 Å². The second kappa shape index (κ2) is 9.34. The summed E-state index contributed by atoms with van der Waals surface area (Å²) in [6, 6.07) is 2.62. The first-order chi connectivity index (χ1) is 15.1. The molecule has 31 heavy (non-hydrogen) atoms. The van der Waals surface area contributed by atoms with Crippen molar-refractivity contribution in [1.29, 1.82) is 0 Å². The Bertz CT molecular complexity index is 1050. The van der Waals surface area contributed by atoms with E-state index < -0.39 is 19.4 Å². The van der Waals surface area contributed by atoms with Crippen LogP contribution < -0.4 is 10.6 Å². The maximum atomic E-state index is 12.7. The quantitative estimate of drug-likeness (QED) is 0.622. The molecule has 1 saturated heterocycles. The Morgan fingerprint density at radius 1 is 1.13 bits per heavy atom. The van der Waals surface area contributed by atoms with E-state index in [-0.39, 0.29) is 12.1 Å². The van der Waals surface area contributed by atoms with E-state index in [0.717, 1.165) is 10.8 Å². The van der Waals surface area contributed by atoms with Crippen molar-refractivity contribution in [3.63, 3.8) is 0 Å². The molecular formula is C21H24F2N6O2. The topological polar surface area (TPSA) is 96.2 Å². The normalized spacial score (nSPS) is 15.0. The van der Waals surface area contributed by atoms with Crippen LogP contribution in [0.4, 0.5) is 19.4 Å². The van der Waals surface area contributed by atoms with Gasteiger partial charge in [-0.3, -0.25) is 10.3 Å². The van der Waals surface area contributed by atoms with Crippen LogP contribution in [-0.2, 0) is 0 Å². The van der Waals surface area contributed by atoms with Crippen LogP contribution in [-0.4, -0.2) is 64.4 Å². The summed E-state index contributed by atoms with van der Waals surface area (Å²) in [6.07, 6.45) is 6.25. The molecule has 4 heterocycles. The van der Waals surface area contributed by atoms with Gasteiger partial charge in [0.25, 0.3) is 0 Å². The van der Waals surface area contributed by atoms with E-state index in [1.807, 2.05) is 6.07 Å². The lowest BCUT2D eigenvalue weighted by molar-refractivity contribution is 0.179. The molecule has 8 nitrogen and oxygen atoms in total. The molecule has 2 N–H and O–H groups in total. The lowest BCUT2D eigenvalue weighted by atomic mass is 10.0. The van der Waals surface area contributed by atoms with E-state index in [0.29, 0.717) is 49.1 Å². The van der Waals surface area contributed by atoms with Crippen molar-refractivity contribution in [3.8, 4) is 11.5 Å². The number of fused-ring (bicyclic) bond motifs is 1. The van der Waals surface area contributed by atoms with E-state index in [1.54, 1.807) is 36.5 Å². The average molecular weight is 430 g/mol. The Morgan fingerprint density at radius 2 is 1.87 bits per heavy atom. The molecule has 164 valence electrons. The maximum absolute atomic E-state index is 12.7. The van der Waals surface area contributed by atoms with Gasteiger partial charge in [0, 0.05) is 43.8 Å². The first kappa shape index (κ1) is 21.1. The predicted octanol–water partition coefficient (Wildman–Crippen LogP) is 3.49. The lowest BCUT2D eigenvalue weighted by Gasteiger charge is -2.33. The van der Waals surface area contributed by atoms with Crippen molar-refractivity contribution < 1.29 is 18.0 Å². The fourth-order valence-electron chi connectivity index (χ4n) is 3.62. The molecule has 4 rings (SSSR count). The predicted molar refractivity (Wildman–Crippen MR) is 112 cm³/mol. The smallest absolute Gasteiger partial charge is 0.323 e. The number of amides is 2. The van der Waals surface area contributed by atoms with Gasteiger partial charge in [-0.1, -0.05) is 0 Å². The van der Waals surface area contributed by atoms with Crippen LogP contribution in [0.2, 0.25) is 0 Å². The van der Waals surface area contributed by atoms with Gasteiger partial charge in [0.15, 0.2) is 11.7 Å². The molecule has 0 aromatic carbocycles. The van der Waals surface area contributed by atoms with E-state index >= 15 is 0 Å². The van der Waals surface area contributed by atoms with Crippen molar-refractivity contribution in [1.82, 2.24) is 25.2 Å². The molecule has 0 radical (unpaired) electrons. The number of hydrogen-bond donors (Lipinski definition) is 2. The molecule has 3 aromatic heterocycles. The van der Waals surface area contributed by atoms with Crippen molar-refractivity contribution in [2.24, 2.45) is 0 Å². The fourth-order valence-corrected chi connectivity index (χ4v) is 3.62. The Kier molecular flexibility index (Phi) is 6.36. The first-order valence-electron chi connectivity index (χ1n) is 10.2. The number of piperidine rings is 1. The molecule has 10 heteroatoms. The molecule has 1 aliphatic rings. The van der Waals surface area contributed by atoms with Crippen molar-refractivity contribution in [2.45, 2.75) is 31.8 Å². The van der Waals surface area contributed by atoms with Crippen LogP contribution in [0.1, 0.15) is 18.7 Å². The highest BCUT2D eigenvalue weighted by Gasteiger charge is 2.24. The number of oxazole rings is 1. The standard InChI is InChI=1S/C21H24F2N6O2/c1-13-24-12-19(31-13)18-6-14-7-20(26-11-15(14)10-25-18)28-21(30)29-4-2-16(3-5-29)27-17(8-22)9-23/h6-7,10-12,16-17,27H,2-5,8-9H2,1H3,(H,26,28,30). The third-order valence-corrected chi connectivity index (χ3v) is 5.34. The van der Waals surface area contributed by atoms with Crippen LogP contribution in [0.15, 0.2) is 35.1 Å². The highest BCUT2D eigenvalue weighted by molar-refractivity contribution is 5.92. The summed E-state index contributed by atoms with van der Waals surface area (Å²) >= 11 is 0. The molecule has 0 atom stereocenters. The maximum Gasteiger partial charge on any atom is 0.323 e. The Labute approximate surface area is 178 Å². The van der Waals surface area contributed by atoms with Gasteiger partial charge >= 0.3 is 6.03 Å². The highest BCUT2D eigenvalue weighted by Crippen LogP contribution is 2.24. The summed E-state index contributed by atoms with van der Waals surface area (Å²) in [6.45, 7) is 1.29. The summed E-state index contributed by atoms with van der Waals surface area (Å²) in [5.41, 5.74) is 0.644. The molecule has 0 unspecified atom stereocenters. The highest BCUT2D eigenvalue weighted by atomic mass is 19.1. The second-order valence-corrected chi connectivity index (χ2v) is 7.59. The summed E-state index contributed by atoms with van der Waals surface area (Å²) < 4.78 is 30.9. The number of hydrogen-bond acceptors (Lipinski definition) is 6. The van der Waals surface area contributed by atoms with Crippen molar-refractivity contribution >= 4 is 22.6 Å². The molecule has 0 spiro atoms. The number of alkyl halides is 2. The van der Waals surface area contributed by atoms with E-state index in [9.17, 15) is 13.6 Å². The number of nitrogens with zero attached hydrogens (tertiary/aromatic N) is 4. The zero-order valence-electron chi connectivity index (χ0n) is 17.1. The van der Waals surface area contributed by atoms with Gasteiger partial charge in [0.1, 0.15) is 24.9 Å². The van der Waals surface area contributed by atoms with Crippen molar-refractivity contribution in [2.75, 3.05) is 31.8 Å². The molecule has 0 bridgehead atoms. The number of pyridine rings is 2. The zero-order chi connectivity index (χ0) is 21.8. The minimum Gasteiger partial charge on any atom is -0.439 e. The van der Waals surface area contributed by atoms with Gasteiger partial charge in [-0.2, -0.15) is 0 Å². The number of urea groups is 1. The fraction of sp³-hybridized carbons (Fsp3) is 0.429. The number of carbonyl (C=O) groups is 1. The largest absolute Gasteiger partial charge is 0.439 e. The first-order valence-corrected chi connectivity index (χ1v) is 10.2. The number of carbonyl (C=O) groups excluding carboxylic acids is 1. The molecule has 1 aliphatic heterocycles. The summed E-state index contributed by atoms with van der Waals surface area (Å²) in [5, 5.41) is 7.48. The molecule has 1 fully saturated rings. The molecule has 3 aromatic rings. The van der Waals surface area contributed by atoms with E-state index in [1.165, 1.54) is 0 Å². The van der Waals surface area contributed by atoms with Crippen LogP contribution in [0, 0.1) is 6.92 Å². The lowest BCUT2D eigenvalue weighted by Crippen LogP contribution is -2.49. The Morgan fingerprint density at radius 3 is 2.55 bits per heavy atom. The van der Waals surface area contributed by atoms with Gasteiger partial charge < -0.3 is 14.6 Å². The van der Waals surface area contributed by atoms with Gasteiger partial charge in [-0.05, 0) is 30.4 Å². The average Bonchev–Trinajstić information content (AvgIpc) is 3.23. The monoisotopic (exact) mass is 430 g/mol. The van der Waals surface area contributed by atoms with Crippen LogP contribution in [0.5, 0.6) is 0 Å². The molecule has 0 aliphatic carbocycles. The van der Waals surface area contributed by atoms with Crippen LogP contribution in [0.3, 0.4) is 0 Å². The van der Waals surface area contributed by atoms with Crippen LogP contribution in [0.25, 0.3) is 22.2 Å². The molecule has 0 saturated carbocycles. The number of rotatable bonds is 6. The number of aromatic nitrogens is 3. The van der Waals surface area contributed by atoms with E-state index in [2.05, 4.69) is 25.6 Å². The van der Waals surface area contributed by atoms with Crippen LogP contribution >= 0.6 is 0 Å². The van der Waals surface area contributed by atoms with Gasteiger partial charge in [-0.25, -0.2) is 23.5 Å². The molecule has 2 amide bonds. The number of likely N-dealkylation sites (tertiary alicyclic amines) is 1. The second-order valence-electron chi connectivity index (χ2n) is 7.59.